The SMILES string of the molecule is CCCCC(S)(Cl)Cl. The molecule has 0 aliphatic rings. The van der Waals surface area contributed by atoms with Crippen molar-refractivity contribution in [2.75, 3.05) is 0 Å². The highest BCUT2D eigenvalue weighted by molar-refractivity contribution is 7.85. The first kappa shape index (κ1) is 8.93. The quantitative estimate of drug-likeness (QED) is 0.491. The second-order valence-electron chi connectivity index (χ2n) is 1.77. The Balaban J connectivity index is 3.11. The summed E-state index contributed by atoms with van der Waals surface area (Å²) in [5.41, 5.74) is 0. The lowest BCUT2D eigenvalue weighted by Gasteiger charge is -2.09. The van der Waals surface area contributed by atoms with Gasteiger partial charge in [-0.15, -0.1) is 12.6 Å². The van der Waals surface area contributed by atoms with Crippen molar-refractivity contribution in [3.05, 3.63) is 0 Å². The number of hydrogen-bond donors (Lipinski definition) is 1. The van der Waals surface area contributed by atoms with Gasteiger partial charge in [0.05, 0.1) is 0 Å². The predicted octanol–water partition coefficient (Wildman–Crippen LogP) is 3.24. The first-order chi connectivity index (χ1) is 3.56. The summed E-state index contributed by atoms with van der Waals surface area (Å²) in [6.45, 7) is 2.09. The number of halogens is 2. The molecule has 50 valence electrons. The van der Waals surface area contributed by atoms with Gasteiger partial charge in [0.25, 0.3) is 0 Å². The first-order valence-electron chi connectivity index (χ1n) is 2.66. The molecule has 0 aromatic heterocycles. The Bertz CT molecular complexity index is 57.9. The molecule has 0 saturated carbocycles. The highest BCUT2D eigenvalue weighted by atomic mass is 35.5. The molecule has 0 spiro atoms. The van der Waals surface area contributed by atoms with E-state index in [-0.39, 0.29) is 0 Å². The van der Waals surface area contributed by atoms with Gasteiger partial charge in [-0.3, -0.25) is 0 Å². The molecule has 0 fully saturated rings. The van der Waals surface area contributed by atoms with Gasteiger partial charge in [-0.25, -0.2) is 0 Å². The normalized spacial score (nSPS) is 12.0. The number of unbranched alkanes of at least 4 members (excludes halogenated alkanes) is 1. The van der Waals surface area contributed by atoms with Gasteiger partial charge in [0.2, 0.25) is 0 Å². The van der Waals surface area contributed by atoms with Crippen LogP contribution < -0.4 is 0 Å². The minimum atomic E-state index is -0.810. The molecular formula is C5H10Cl2S. The summed E-state index contributed by atoms with van der Waals surface area (Å²) < 4.78 is -0.810. The average Bonchev–Trinajstić information content (AvgIpc) is 1.59. The van der Waals surface area contributed by atoms with Crippen LogP contribution in [-0.4, -0.2) is 3.67 Å². The van der Waals surface area contributed by atoms with E-state index in [0.29, 0.717) is 0 Å². The molecule has 0 radical (unpaired) electrons. The molecule has 8 heavy (non-hydrogen) atoms. The third kappa shape index (κ3) is 6.93. The topological polar surface area (TPSA) is 0 Å². The summed E-state index contributed by atoms with van der Waals surface area (Å²) in [6.07, 6.45) is 2.91. The first-order valence-corrected chi connectivity index (χ1v) is 3.87. The lowest BCUT2D eigenvalue weighted by atomic mass is 10.3. The molecule has 0 saturated heterocycles. The zero-order valence-electron chi connectivity index (χ0n) is 4.82. The number of rotatable bonds is 3. The van der Waals surface area contributed by atoms with Crippen LogP contribution in [0.5, 0.6) is 0 Å². The average molecular weight is 173 g/mol. The smallest absolute Gasteiger partial charge is 0.141 e. The summed E-state index contributed by atoms with van der Waals surface area (Å²) in [7, 11) is 0. The van der Waals surface area contributed by atoms with Crippen molar-refractivity contribution in [1.29, 1.82) is 0 Å². The number of alkyl halides is 2. The summed E-state index contributed by atoms with van der Waals surface area (Å²) in [4.78, 5) is 0. The van der Waals surface area contributed by atoms with Crippen LogP contribution in [0, 0.1) is 0 Å². The minimum Gasteiger partial charge on any atom is -0.141 e. The molecule has 0 aromatic rings. The Morgan fingerprint density at radius 1 is 1.50 bits per heavy atom. The van der Waals surface area contributed by atoms with Crippen LogP contribution in [0.2, 0.25) is 0 Å². The van der Waals surface area contributed by atoms with E-state index in [0.717, 1.165) is 19.3 Å². The molecule has 0 aliphatic heterocycles. The van der Waals surface area contributed by atoms with Gasteiger partial charge in [0.15, 0.2) is 3.67 Å². The van der Waals surface area contributed by atoms with Crippen molar-refractivity contribution in [1.82, 2.24) is 0 Å². The highest BCUT2D eigenvalue weighted by Crippen LogP contribution is 2.30. The van der Waals surface area contributed by atoms with Gasteiger partial charge in [0, 0.05) is 0 Å². The molecule has 0 amide bonds. The molecule has 0 atom stereocenters. The van der Waals surface area contributed by atoms with Gasteiger partial charge < -0.3 is 0 Å². The van der Waals surface area contributed by atoms with Crippen molar-refractivity contribution < 1.29 is 0 Å². The van der Waals surface area contributed by atoms with Gasteiger partial charge in [0.1, 0.15) is 0 Å². The molecule has 0 N–H and O–H groups in total. The lowest BCUT2D eigenvalue weighted by Crippen LogP contribution is -2.00. The van der Waals surface area contributed by atoms with Gasteiger partial charge in [-0.2, -0.15) is 0 Å². The summed E-state index contributed by atoms with van der Waals surface area (Å²) >= 11 is 15.0. The molecule has 0 heterocycles. The van der Waals surface area contributed by atoms with Gasteiger partial charge >= 0.3 is 0 Å². The van der Waals surface area contributed by atoms with Crippen LogP contribution in [0.15, 0.2) is 0 Å². The Hall–Kier alpha value is 0.930. The molecule has 0 nitrogen and oxygen atoms in total. The Labute approximate surface area is 66.0 Å². The van der Waals surface area contributed by atoms with E-state index in [1.165, 1.54) is 0 Å². The molecule has 0 aromatic carbocycles. The largest absolute Gasteiger partial charge is 0.160 e. The Morgan fingerprint density at radius 3 is 2.12 bits per heavy atom. The van der Waals surface area contributed by atoms with Crippen LogP contribution in [0.1, 0.15) is 26.2 Å². The Morgan fingerprint density at radius 2 is 2.00 bits per heavy atom. The number of hydrogen-bond acceptors (Lipinski definition) is 1. The van der Waals surface area contributed by atoms with E-state index >= 15 is 0 Å². The minimum absolute atomic E-state index is 0.760. The fraction of sp³-hybridized carbons (Fsp3) is 1.00. The highest BCUT2D eigenvalue weighted by Gasteiger charge is 2.15. The molecular weight excluding hydrogens is 163 g/mol. The van der Waals surface area contributed by atoms with Crippen LogP contribution in [0.3, 0.4) is 0 Å². The van der Waals surface area contributed by atoms with Gasteiger partial charge in [-0.1, -0.05) is 36.5 Å². The molecule has 0 unspecified atom stereocenters. The molecule has 0 bridgehead atoms. The lowest BCUT2D eigenvalue weighted by molar-refractivity contribution is 0.740. The molecule has 3 heteroatoms. The van der Waals surface area contributed by atoms with Crippen LogP contribution >= 0.6 is 35.8 Å². The van der Waals surface area contributed by atoms with Gasteiger partial charge in [-0.05, 0) is 12.8 Å². The fourth-order valence-corrected chi connectivity index (χ4v) is 0.815. The van der Waals surface area contributed by atoms with E-state index in [1.54, 1.807) is 0 Å². The second kappa shape index (κ2) is 3.86. The van der Waals surface area contributed by atoms with Crippen LogP contribution in [0.25, 0.3) is 0 Å². The van der Waals surface area contributed by atoms with E-state index in [4.69, 9.17) is 23.2 Å². The summed E-state index contributed by atoms with van der Waals surface area (Å²) in [5, 5.41) is 0. The standard InChI is InChI=1S/C5H10Cl2S/c1-2-3-4-5(6,7)8/h8H,2-4H2,1H3. The van der Waals surface area contributed by atoms with E-state index < -0.39 is 3.67 Å². The van der Waals surface area contributed by atoms with Crippen molar-refractivity contribution >= 4 is 35.8 Å². The van der Waals surface area contributed by atoms with Crippen molar-refractivity contribution in [2.45, 2.75) is 29.9 Å². The van der Waals surface area contributed by atoms with Crippen molar-refractivity contribution in [2.24, 2.45) is 0 Å². The second-order valence-corrected chi connectivity index (χ2v) is 4.54. The maximum absolute atomic E-state index is 5.54. The zero-order chi connectivity index (χ0) is 6.62. The van der Waals surface area contributed by atoms with Crippen LogP contribution in [0.4, 0.5) is 0 Å². The van der Waals surface area contributed by atoms with E-state index in [1.807, 2.05) is 0 Å². The van der Waals surface area contributed by atoms with Crippen LogP contribution in [-0.2, 0) is 0 Å². The zero-order valence-corrected chi connectivity index (χ0v) is 7.23. The third-order valence-electron chi connectivity index (χ3n) is 0.831. The van der Waals surface area contributed by atoms with Crippen molar-refractivity contribution in [3.63, 3.8) is 0 Å². The summed E-state index contributed by atoms with van der Waals surface area (Å²) in [6, 6.07) is 0. The monoisotopic (exact) mass is 172 g/mol. The molecule has 0 rings (SSSR count). The maximum atomic E-state index is 5.54. The number of thiol groups is 1. The third-order valence-corrected chi connectivity index (χ3v) is 1.43. The maximum Gasteiger partial charge on any atom is 0.160 e. The fourth-order valence-electron chi connectivity index (χ4n) is 0.389. The van der Waals surface area contributed by atoms with E-state index in [9.17, 15) is 0 Å². The Kier molecular flexibility index (Phi) is 4.31. The van der Waals surface area contributed by atoms with Crippen molar-refractivity contribution in [3.8, 4) is 0 Å². The summed E-state index contributed by atoms with van der Waals surface area (Å²) in [5.74, 6) is 0. The van der Waals surface area contributed by atoms with E-state index in [2.05, 4.69) is 19.6 Å². The molecule has 0 aliphatic carbocycles. The predicted molar refractivity (Wildman–Crippen MR) is 42.9 cm³/mol.